The van der Waals surface area contributed by atoms with Crippen LogP contribution in [0.15, 0.2) is 54.6 Å². The summed E-state index contributed by atoms with van der Waals surface area (Å²) in [4.78, 5) is 27.8. The summed E-state index contributed by atoms with van der Waals surface area (Å²) in [6.45, 7) is 3.81. The monoisotopic (exact) mass is 529 g/mol. The van der Waals surface area contributed by atoms with E-state index in [0.29, 0.717) is 6.42 Å². The third-order valence-electron chi connectivity index (χ3n) is 7.98. The summed E-state index contributed by atoms with van der Waals surface area (Å²) in [6.07, 6.45) is 2.58. The number of nitrogens with one attached hydrogen (secondary N) is 2. The highest BCUT2D eigenvalue weighted by Gasteiger charge is 2.38. The predicted octanol–water partition coefficient (Wildman–Crippen LogP) is 5.41. The molecule has 2 fully saturated rings. The van der Waals surface area contributed by atoms with Crippen molar-refractivity contribution in [1.82, 2.24) is 15.5 Å². The predicted molar refractivity (Wildman–Crippen MR) is 141 cm³/mol. The van der Waals surface area contributed by atoms with E-state index in [1.807, 2.05) is 30.3 Å². The lowest BCUT2D eigenvalue weighted by Gasteiger charge is -2.38. The van der Waals surface area contributed by atoms with Gasteiger partial charge in [0.1, 0.15) is 5.82 Å². The molecule has 1 heterocycles. The molecule has 4 rings (SSSR count). The molecule has 38 heavy (non-hydrogen) atoms. The molecule has 2 amide bonds. The highest BCUT2D eigenvalue weighted by Crippen LogP contribution is 2.36. The lowest BCUT2D eigenvalue weighted by Crippen LogP contribution is -2.48. The zero-order valence-electron chi connectivity index (χ0n) is 22.0. The van der Waals surface area contributed by atoms with Gasteiger partial charge >= 0.3 is 0 Å². The maximum atomic E-state index is 13.6. The number of hydrogen-bond acceptors (Lipinski definition) is 3. The lowest BCUT2D eigenvalue weighted by atomic mass is 9.85. The van der Waals surface area contributed by atoms with Crippen LogP contribution in [0.5, 0.6) is 0 Å². The first kappa shape index (κ1) is 28.1. The molecule has 5 nitrogen and oxygen atoms in total. The minimum atomic E-state index is -2.66. The van der Waals surface area contributed by atoms with Crippen molar-refractivity contribution in [2.45, 2.75) is 82.3 Å². The Morgan fingerprint density at radius 3 is 2.24 bits per heavy atom. The van der Waals surface area contributed by atoms with Crippen LogP contribution in [0.3, 0.4) is 0 Å². The molecular formula is C30H38F3N3O2. The molecule has 1 aliphatic carbocycles. The highest BCUT2D eigenvalue weighted by atomic mass is 19.3. The van der Waals surface area contributed by atoms with Crippen LogP contribution in [-0.2, 0) is 16.0 Å². The van der Waals surface area contributed by atoms with Gasteiger partial charge < -0.3 is 15.5 Å². The van der Waals surface area contributed by atoms with Crippen molar-refractivity contribution in [1.29, 1.82) is 0 Å². The molecule has 8 heteroatoms. The first-order valence-electron chi connectivity index (χ1n) is 13.7. The minimum absolute atomic E-state index is 0.0598. The second-order valence-electron chi connectivity index (χ2n) is 10.9. The molecule has 1 saturated heterocycles. The van der Waals surface area contributed by atoms with E-state index in [9.17, 15) is 22.8 Å². The number of hydrogen-bond donors (Lipinski definition) is 2. The smallest absolute Gasteiger partial charge is 0.248 e. The molecule has 1 saturated carbocycles. The van der Waals surface area contributed by atoms with Gasteiger partial charge in [-0.2, -0.15) is 0 Å². The number of amides is 2. The van der Waals surface area contributed by atoms with Gasteiger partial charge in [-0.15, -0.1) is 0 Å². The van der Waals surface area contributed by atoms with Crippen molar-refractivity contribution in [3.8, 4) is 0 Å². The highest BCUT2D eigenvalue weighted by molar-refractivity contribution is 5.79. The van der Waals surface area contributed by atoms with E-state index in [4.69, 9.17) is 0 Å². The Labute approximate surface area is 223 Å². The van der Waals surface area contributed by atoms with Crippen LogP contribution in [-0.4, -0.2) is 47.8 Å². The van der Waals surface area contributed by atoms with E-state index in [1.165, 1.54) is 12.1 Å². The van der Waals surface area contributed by atoms with Crippen LogP contribution in [0.25, 0.3) is 0 Å². The Kier molecular flexibility index (Phi) is 9.47. The first-order valence-corrected chi connectivity index (χ1v) is 13.7. The summed E-state index contributed by atoms with van der Waals surface area (Å²) in [5.41, 5.74) is 1.79. The van der Waals surface area contributed by atoms with Crippen LogP contribution in [0.4, 0.5) is 13.2 Å². The topological polar surface area (TPSA) is 61.4 Å². The third kappa shape index (κ3) is 8.06. The van der Waals surface area contributed by atoms with Crippen LogP contribution < -0.4 is 10.6 Å². The summed E-state index contributed by atoms with van der Waals surface area (Å²) >= 11 is 0. The number of alkyl halides is 2. The summed E-state index contributed by atoms with van der Waals surface area (Å²) in [5, 5.41) is 6.28. The fourth-order valence-corrected chi connectivity index (χ4v) is 5.60. The van der Waals surface area contributed by atoms with Gasteiger partial charge in [-0.1, -0.05) is 42.5 Å². The van der Waals surface area contributed by atoms with Crippen LogP contribution >= 0.6 is 0 Å². The van der Waals surface area contributed by atoms with Crippen molar-refractivity contribution in [2.75, 3.05) is 13.1 Å². The van der Waals surface area contributed by atoms with Crippen molar-refractivity contribution < 1.29 is 22.8 Å². The Bertz CT molecular complexity index is 1050. The molecule has 2 aliphatic rings. The number of likely N-dealkylation sites (tertiary alicyclic amines) is 1. The number of carbonyl (C=O) groups excluding carboxylic acids is 2. The normalized spacial score (nSPS) is 20.4. The number of piperidine rings is 1. The SMILES string of the molecule is C[C@H](C[C@H](NC(=O)C1CCC(F)(F)CC1)c1ccccc1)N1CCC(NC(=O)Cc2ccc(F)cc2)CC1. The molecule has 2 aromatic rings. The molecule has 0 radical (unpaired) electrons. The number of carbonyl (C=O) groups is 2. The molecule has 1 aliphatic heterocycles. The molecule has 0 unspecified atom stereocenters. The number of nitrogens with zero attached hydrogens (tertiary/aromatic N) is 1. The Morgan fingerprint density at radius 2 is 1.61 bits per heavy atom. The summed E-state index contributed by atoms with van der Waals surface area (Å²) in [6, 6.07) is 15.9. The van der Waals surface area contributed by atoms with Crippen molar-refractivity contribution in [3.63, 3.8) is 0 Å². The zero-order valence-corrected chi connectivity index (χ0v) is 22.0. The van der Waals surface area contributed by atoms with E-state index in [1.54, 1.807) is 12.1 Å². The van der Waals surface area contributed by atoms with Gasteiger partial charge in [0, 0.05) is 43.9 Å². The van der Waals surface area contributed by atoms with Crippen LogP contribution in [0.2, 0.25) is 0 Å². The summed E-state index contributed by atoms with van der Waals surface area (Å²) in [7, 11) is 0. The number of benzene rings is 2. The largest absolute Gasteiger partial charge is 0.353 e. The number of rotatable bonds is 9. The van der Waals surface area contributed by atoms with Crippen LogP contribution in [0.1, 0.15) is 69.0 Å². The van der Waals surface area contributed by atoms with Gasteiger partial charge in [0.15, 0.2) is 0 Å². The molecule has 0 bridgehead atoms. The van der Waals surface area contributed by atoms with E-state index in [-0.39, 0.29) is 73.8 Å². The maximum absolute atomic E-state index is 13.6. The van der Waals surface area contributed by atoms with E-state index in [2.05, 4.69) is 22.5 Å². The van der Waals surface area contributed by atoms with Gasteiger partial charge in [-0.3, -0.25) is 9.59 Å². The standard InChI is InChI=1S/C30H38F3N3O2/c1-21(36-17-13-26(14-18-36)34-28(37)20-22-7-9-25(31)10-8-22)19-27(23-5-3-2-4-6-23)35-29(38)24-11-15-30(32,33)16-12-24/h2-10,21,24,26-27H,11-20H2,1H3,(H,34,37)(H,35,38)/t21-,27+/m1/s1. The van der Waals surface area contributed by atoms with Gasteiger partial charge in [0.05, 0.1) is 12.5 Å². The van der Waals surface area contributed by atoms with Gasteiger partial charge in [-0.25, -0.2) is 13.2 Å². The molecule has 0 aromatic heterocycles. The molecular weight excluding hydrogens is 491 g/mol. The fourth-order valence-electron chi connectivity index (χ4n) is 5.60. The minimum Gasteiger partial charge on any atom is -0.353 e. The summed E-state index contributed by atoms with van der Waals surface area (Å²) < 4.78 is 40.3. The molecule has 2 aromatic carbocycles. The molecule has 2 atom stereocenters. The number of halogens is 3. The quantitative estimate of drug-likeness (QED) is 0.457. The first-order chi connectivity index (χ1) is 18.2. The molecule has 206 valence electrons. The average molecular weight is 530 g/mol. The second kappa shape index (κ2) is 12.8. The van der Waals surface area contributed by atoms with E-state index < -0.39 is 5.92 Å². The average Bonchev–Trinajstić information content (AvgIpc) is 2.90. The fraction of sp³-hybridized carbons (Fsp3) is 0.533. The second-order valence-corrected chi connectivity index (χ2v) is 10.9. The zero-order chi connectivity index (χ0) is 27.1. The van der Waals surface area contributed by atoms with Gasteiger partial charge in [0.25, 0.3) is 0 Å². The Morgan fingerprint density at radius 1 is 0.974 bits per heavy atom. The van der Waals surface area contributed by atoms with Crippen LogP contribution in [0, 0.1) is 11.7 Å². The van der Waals surface area contributed by atoms with Crippen molar-refractivity contribution in [2.24, 2.45) is 5.92 Å². The van der Waals surface area contributed by atoms with Gasteiger partial charge in [0.2, 0.25) is 17.7 Å². The Hall–Kier alpha value is -2.87. The summed E-state index contributed by atoms with van der Waals surface area (Å²) in [5.74, 6) is -3.54. The maximum Gasteiger partial charge on any atom is 0.248 e. The van der Waals surface area contributed by atoms with E-state index in [0.717, 1.165) is 37.1 Å². The van der Waals surface area contributed by atoms with Crippen molar-refractivity contribution in [3.05, 3.63) is 71.5 Å². The lowest BCUT2D eigenvalue weighted by molar-refractivity contribution is -0.130. The molecule has 2 N–H and O–H groups in total. The van der Waals surface area contributed by atoms with E-state index >= 15 is 0 Å². The molecule has 0 spiro atoms. The third-order valence-corrected chi connectivity index (χ3v) is 7.98. The Balaban J connectivity index is 1.28. The van der Waals surface area contributed by atoms with Crippen molar-refractivity contribution >= 4 is 11.8 Å². The van der Waals surface area contributed by atoms with Gasteiger partial charge in [-0.05, 0) is 62.3 Å².